The van der Waals surface area contributed by atoms with Crippen LogP contribution in [0.2, 0.25) is 0 Å². The summed E-state index contributed by atoms with van der Waals surface area (Å²) in [6.45, 7) is 17.1. The normalized spacial score (nSPS) is 18.2. The van der Waals surface area contributed by atoms with Crippen molar-refractivity contribution in [3.05, 3.63) is 0 Å². The highest BCUT2D eigenvalue weighted by molar-refractivity contribution is 14.0. The number of ether oxygens (including phenoxy) is 1. The van der Waals surface area contributed by atoms with Gasteiger partial charge in [0.15, 0.2) is 5.96 Å². The standard InChI is InChI=1S/C18H38N4O.HI/c1-15(2)13-16(22-9-11-23-12-10-22)14-21-17(19-6)20-8-7-18(3,4)5;/h15-16H,7-14H2,1-6H3,(H2,19,20,21);1H. The summed E-state index contributed by atoms with van der Waals surface area (Å²) in [7, 11) is 1.85. The first-order chi connectivity index (χ1) is 10.8. The van der Waals surface area contributed by atoms with Gasteiger partial charge in [0.1, 0.15) is 0 Å². The lowest BCUT2D eigenvalue weighted by molar-refractivity contribution is 0.0132. The Bertz CT molecular complexity index is 349. The smallest absolute Gasteiger partial charge is 0.191 e. The molecule has 1 saturated heterocycles. The average molecular weight is 454 g/mol. The zero-order valence-corrected chi connectivity index (χ0v) is 18.9. The molecule has 0 saturated carbocycles. The number of nitrogens with zero attached hydrogens (tertiary/aromatic N) is 2. The lowest BCUT2D eigenvalue weighted by Crippen LogP contribution is -2.51. The van der Waals surface area contributed by atoms with E-state index in [0.717, 1.165) is 51.8 Å². The van der Waals surface area contributed by atoms with E-state index in [1.165, 1.54) is 6.42 Å². The van der Waals surface area contributed by atoms with E-state index in [9.17, 15) is 0 Å². The zero-order chi connectivity index (χ0) is 17.3. The van der Waals surface area contributed by atoms with E-state index in [1.54, 1.807) is 0 Å². The Hall–Kier alpha value is -0.0800. The van der Waals surface area contributed by atoms with Crippen molar-refractivity contribution in [1.82, 2.24) is 15.5 Å². The van der Waals surface area contributed by atoms with Crippen LogP contribution in [0.15, 0.2) is 4.99 Å². The van der Waals surface area contributed by atoms with Gasteiger partial charge in [-0.1, -0.05) is 34.6 Å². The van der Waals surface area contributed by atoms with Crippen LogP contribution in [-0.4, -0.2) is 63.3 Å². The third-order valence-electron chi connectivity index (χ3n) is 4.20. The van der Waals surface area contributed by atoms with Gasteiger partial charge in [-0.25, -0.2) is 0 Å². The molecule has 144 valence electrons. The van der Waals surface area contributed by atoms with E-state index in [4.69, 9.17) is 4.74 Å². The lowest BCUT2D eigenvalue weighted by Gasteiger charge is -2.35. The van der Waals surface area contributed by atoms with Gasteiger partial charge in [0.05, 0.1) is 13.2 Å². The fraction of sp³-hybridized carbons (Fsp3) is 0.944. The Balaban J connectivity index is 0.00000529. The molecular weight excluding hydrogens is 415 g/mol. The van der Waals surface area contributed by atoms with Crippen LogP contribution < -0.4 is 10.6 Å². The van der Waals surface area contributed by atoms with Gasteiger partial charge < -0.3 is 15.4 Å². The zero-order valence-electron chi connectivity index (χ0n) is 16.5. The Kier molecular flexibility index (Phi) is 12.3. The van der Waals surface area contributed by atoms with E-state index < -0.39 is 0 Å². The summed E-state index contributed by atoms with van der Waals surface area (Å²) in [4.78, 5) is 6.91. The molecule has 0 bridgehead atoms. The Morgan fingerprint density at radius 2 is 1.79 bits per heavy atom. The number of hydrogen-bond acceptors (Lipinski definition) is 3. The number of halogens is 1. The highest BCUT2D eigenvalue weighted by Crippen LogP contribution is 2.17. The first kappa shape index (κ1) is 23.9. The van der Waals surface area contributed by atoms with Crippen molar-refractivity contribution >= 4 is 29.9 Å². The topological polar surface area (TPSA) is 48.9 Å². The minimum atomic E-state index is 0. The third kappa shape index (κ3) is 10.7. The molecule has 0 spiro atoms. The first-order valence-electron chi connectivity index (χ1n) is 9.08. The summed E-state index contributed by atoms with van der Waals surface area (Å²) < 4.78 is 5.49. The molecule has 1 aliphatic rings. The number of hydrogen-bond donors (Lipinski definition) is 2. The molecule has 0 amide bonds. The average Bonchev–Trinajstić information content (AvgIpc) is 2.48. The van der Waals surface area contributed by atoms with E-state index in [0.29, 0.717) is 17.4 Å². The summed E-state index contributed by atoms with van der Waals surface area (Å²) in [5.74, 6) is 1.61. The number of rotatable bonds is 7. The highest BCUT2D eigenvalue weighted by atomic mass is 127. The second-order valence-electron chi connectivity index (χ2n) is 8.12. The second kappa shape index (κ2) is 12.3. The largest absolute Gasteiger partial charge is 0.379 e. The molecule has 1 aliphatic heterocycles. The predicted molar refractivity (Wildman–Crippen MR) is 114 cm³/mol. The van der Waals surface area contributed by atoms with Crippen molar-refractivity contribution in [3.63, 3.8) is 0 Å². The summed E-state index contributed by atoms with van der Waals surface area (Å²) in [5, 5.41) is 6.95. The number of guanidine groups is 1. The van der Waals surface area contributed by atoms with Crippen LogP contribution >= 0.6 is 24.0 Å². The molecule has 0 aliphatic carbocycles. The van der Waals surface area contributed by atoms with Gasteiger partial charge in [0, 0.05) is 39.3 Å². The lowest BCUT2D eigenvalue weighted by atomic mass is 9.92. The summed E-state index contributed by atoms with van der Waals surface area (Å²) in [6, 6.07) is 0.542. The molecule has 0 aromatic rings. The minimum Gasteiger partial charge on any atom is -0.379 e. The third-order valence-corrected chi connectivity index (χ3v) is 4.20. The summed E-state index contributed by atoms with van der Waals surface area (Å²) in [5.41, 5.74) is 0.347. The van der Waals surface area contributed by atoms with Gasteiger partial charge in [0.2, 0.25) is 0 Å². The van der Waals surface area contributed by atoms with E-state index >= 15 is 0 Å². The number of morpholine rings is 1. The maximum atomic E-state index is 5.49. The summed E-state index contributed by atoms with van der Waals surface area (Å²) >= 11 is 0. The van der Waals surface area contributed by atoms with Crippen molar-refractivity contribution in [2.75, 3.05) is 46.4 Å². The van der Waals surface area contributed by atoms with Crippen LogP contribution in [0.1, 0.15) is 47.5 Å². The van der Waals surface area contributed by atoms with E-state index in [-0.39, 0.29) is 24.0 Å². The number of nitrogens with one attached hydrogen (secondary N) is 2. The molecule has 1 atom stereocenters. The first-order valence-corrected chi connectivity index (χ1v) is 9.08. The van der Waals surface area contributed by atoms with Crippen LogP contribution in [0.5, 0.6) is 0 Å². The molecule has 0 aromatic heterocycles. The van der Waals surface area contributed by atoms with E-state index in [1.807, 2.05) is 7.05 Å². The number of aliphatic imine (C=N–C) groups is 1. The van der Waals surface area contributed by atoms with Crippen molar-refractivity contribution in [2.45, 2.75) is 53.5 Å². The Morgan fingerprint density at radius 1 is 1.17 bits per heavy atom. The molecule has 2 N–H and O–H groups in total. The monoisotopic (exact) mass is 454 g/mol. The fourth-order valence-corrected chi connectivity index (χ4v) is 2.84. The molecule has 6 heteroatoms. The predicted octanol–water partition coefficient (Wildman–Crippen LogP) is 2.95. The van der Waals surface area contributed by atoms with Gasteiger partial charge in [-0.2, -0.15) is 0 Å². The van der Waals surface area contributed by atoms with Crippen molar-refractivity contribution < 1.29 is 4.74 Å². The Morgan fingerprint density at radius 3 is 2.29 bits per heavy atom. The van der Waals surface area contributed by atoms with Crippen LogP contribution in [-0.2, 0) is 4.74 Å². The molecule has 0 radical (unpaired) electrons. The van der Waals surface area contributed by atoms with Crippen LogP contribution in [0.3, 0.4) is 0 Å². The molecule has 0 aromatic carbocycles. The van der Waals surface area contributed by atoms with Gasteiger partial charge in [-0.3, -0.25) is 9.89 Å². The van der Waals surface area contributed by atoms with Crippen LogP contribution in [0.4, 0.5) is 0 Å². The summed E-state index contributed by atoms with van der Waals surface area (Å²) in [6.07, 6.45) is 2.33. The maximum absolute atomic E-state index is 5.49. The van der Waals surface area contributed by atoms with Gasteiger partial charge in [-0.05, 0) is 24.2 Å². The van der Waals surface area contributed by atoms with Crippen molar-refractivity contribution in [2.24, 2.45) is 16.3 Å². The van der Waals surface area contributed by atoms with Crippen LogP contribution in [0, 0.1) is 11.3 Å². The van der Waals surface area contributed by atoms with Crippen LogP contribution in [0.25, 0.3) is 0 Å². The van der Waals surface area contributed by atoms with Crippen molar-refractivity contribution in [3.8, 4) is 0 Å². The van der Waals surface area contributed by atoms with E-state index in [2.05, 4.69) is 55.1 Å². The minimum absolute atomic E-state index is 0. The quantitative estimate of drug-likeness (QED) is 0.353. The van der Waals surface area contributed by atoms with Gasteiger partial charge in [-0.15, -0.1) is 24.0 Å². The molecule has 5 nitrogen and oxygen atoms in total. The molecule has 1 rings (SSSR count). The molecule has 1 fully saturated rings. The van der Waals surface area contributed by atoms with Gasteiger partial charge >= 0.3 is 0 Å². The molecule has 1 heterocycles. The maximum Gasteiger partial charge on any atom is 0.191 e. The highest BCUT2D eigenvalue weighted by Gasteiger charge is 2.22. The molecular formula is C18H39IN4O. The second-order valence-corrected chi connectivity index (χ2v) is 8.12. The Labute approximate surface area is 166 Å². The fourth-order valence-electron chi connectivity index (χ4n) is 2.84. The molecule has 24 heavy (non-hydrogen) atoms. The van der Waals surface area contributed by atoms with Crippen molar-refractivity contribution in [1.29, 1.82) is 0 Å². The SMILES string of the molecule is CN=C(NCCC(C)(C)C)NCC(CC(C)C)N1CCOCC1.I. The molecule has 1 unspecified atom stereocenters. The van der Waals surface area contributed by atoms with Gasteiger partial charge in [0.25, 0.3) is 0 Å².